The van der Waals surface area contributed by atoms with Crippen molar-refractivity contribution in [2.24, 2.45) is 0 Å². The molecular weight excluding hydrogens is 334 g/mol. The van der Waals surface area contributed by atoms with Gasteiger partial charge >= 0.3 is 0 Å². The number of pyridine rings is 1. The molecule has 2 aromatic rings. The Balaban J connectivity index is 2.07. The van der Waals surface area contributed by atoms with E-state index >= 15 is 0 Å². The third-order valence-electron chi connectivity index (χ3n) is 2.88. The third kappa shape index (κ3) is 4.44. The van der Waals surface area contributed by atoms with Crippen LogP contribution in [0.5, 0.6) is 11.5 Å². The first-order valence-corrected chi connectivity index (χ1v) is 7.62. The zero-order valence-electron chi connectivity index (χ0n) is 11.9. The Morgan fingerprint density at radius 2 is 2.10 bits per heavy atom. The van der Waals surface area contributed by atoms with Crippen molar-refractivity contribution in [2.75, 3.05) is 13.2 Å². The van der Waals surface area contributed by atoms with Gasteiger partial charge in [0.1, 0.15) is 0 Å². The van der Waals surface area contributed by atoms with E-state index in [1.165, 1.54) is 0 Å². The number of ether oxygens (including phenoxy) is 2. The van der Waals surface area contributed by atoms with Crippen LogP contribution in [0.4, 0.5) is 0 Å². The summed E-state index contributed by atoms with van der Waals surface area (Å²) in [6.45, 7) is 2.93. The second-order valence-corrected chi connectivity index (χ2v) is 5.27. The molecule has 1 aromatic heterocycles. The number of nitrogens with zero attached hydrogens (tertiary/aromatic N) is 1. The third-order valence-corrected chi connectivity index (χ3v) is 3.47. The van der Waals surface area contributed by atoms with Gasteiger partial charge in [0.15, 0.2) is 11.5 Å². The van der Waals surface area contributed by atoms with E-state index in [9.17, 15) is 5.11 Å². The van der Waals surface area contributed by atoms with Gasteiger partial charge in [-0.05, 0) is 52.7 Å². The molecule has 2 rings (SSSR count). The molecule has 1 N–H and O–H groups in total. The Kier molecular flexibility index (Phi) is 6.02. The van der Waals surface area contributed by atoms with Gasteiger partial charge in [-0.1, -0.05) is 6.07 Å². The van der Waals surface area contributed by atoms with Crippen molar-refractivity contribution in [3.8, 4) is 11.5 Å². The van der Waals surface area contributed by atoms with Crippen LogP contribution in [-0.4, -0.2) is 23.3 Å². The van der Waals surface area contributed by atoms with Crippen LogP contribution in [0.25, 0.3) is 0 Å². The van der Waals surface area contributed by atoms with E-state index < -0.39 is 0 Å². The average molecular weight is 352 g/mol. The maximum absolute atomic E-state index is 9.24. The highest BCUT2D eigenvalue weighted by molar-refractivity contribution is 9.10. The van der Waals surface area contributed by atoms with E-state index in [1.807, 2.05) is 31.2 Å². The number of aliphatic hydroxyl groups is 1. The van der Waals surface area contributed by atoms with Crippen molar-refractivity contribution in [3.63, 3.8) is 0 Å². The maximum atomic E-state index is 9.24. The van der Waals surface area contributed by atoms with E-state index in [4.69, 9.17) is 9.47 Å². The van der Waals surface area contributed by atoms with Crippen molar-refractivity contribution in [3.05, 3.63) is 52.3 Å². The van der Waals surface area contributed by atoms with Gasteiger partial charge in [0.2, 0.25) is 0 Å². The lowest BCUT2D eigenvalue weighted by molar-refractivity contribution is 0.268. The molecule has 0 bridgehead atoms. The van der Waals surface area contributed by atoms with Crippen molar-refractivity contribution in [1.82, 2.24) is 4.98 Å². The zero-order chi connectivity index (χ0) is 15.1. The normalized spacial score (nSPS) is 10.4. The molecule has 0 amide bonds. The molecule has 1 heterocycles. The highest BCUT2D eigenvalue weighted by atomic mass is 79.9. The molecule has 21 heavy (non-hydrogen) atoms. The summed E-state index contributed by atoms with van der Waals surface area (Å²) in [5.41, 5.74) is 1.76. The maximum Gasteiger partial charge on any atom is 0.175 e. The van der Waals surface area contributed by atoms with Gasteiger partial charge in [-0.25, -0.2) is 0 Å². The summed E-state index contributed by atoms with van der Waals surface area (Å²) in [5.74, 6) is 1.29. The van der Waals surface area contributed by atoms with Gasteiger partial charge in [-0.2, -0.15) is 0 Å². The summed E-state index contributed by atoms with van der Waals surface area (Å²) >= 11 is 3.46. The monoisotopic (exact) mass is 351 g/mol. The molecule has 0 fully saturated rings. The molecular formula is C16H18BrNO3. The minimum Gasteiger partial charge on any atom is -0.490 e. The highest BCUT2D eigenvalue weighted by Gasteiger charge is 2.12. The van der Waals surface area contributed by atoms with Crippen LogP contribution in [-0.2, 0) is 13.0 Å². The predicted octanol–water partition coefficient (Wildman–Crippen LogP) is 3.36. The molecule has 0 unspecified atom stereocenters. The van der Waals surface area contributed by atoms with Crippen LogP contribution < -0.4 is 9.47 Å². The van der Waals surface area contributed by atoms with Gasteiger partial charge in [-0.15, -0.1) is 0 Å². The highest BCUT2D eigenvalue weighted by Crippen LogP contribution is 2.37. The quantitative estimate of drug-likeness (QED) is 0.830. The van der Waals surface area contributed by atoms with E-state index in [1.54, 1.807) is 12.3 Å². The Morgan fingerprint density at radius 3 is 2.76 bits per heavy atom. The molecule has 4 nitrogen and oxygen atoms in total. The number of aliphatic hydroxyl groups excluding tert-OH is 1. The lowest BCUT2D eigenvalue weighted by Crippen LogP contribution is -2.05. The summed E-state index contributed by atoms with van der Waals surface area (Å²) in [4.78, 5) is 4.26. The summed E-state index contributed by atoms with van der Waals surface area (Å²) in [5, 5.41) is 9.24. The van der Waals surface area contributed by atoms with Crippen molar-refractivity contribution >= 4 is 15.9 Å². The van der Waals surface area contributed by atoms with Gasteiger partial charge < -0.3 is 14.6 Å². The minimum absolute atomic E-state index is 0.0348. The molecule has 0 aliphatic rings. The van der Waals surface area contributed by atoms with Crippen LogP contribution in [0.3, 0.4) is 0 Å². The van der Waals surface area contributed by atoms with Crippen molar-refractivity contribution in [2.45, 2.75) is 20.0 Å². The van der Waals surface area contributed by atoms with E-state index in [0.717, 1.165) is 22.2 Å². The Labute approximate surface area is 132 Å². The van der Waals surface area contributed by atoms with E-state index in [0.29, 0.717) is 24.7 Å². The smallest absolute Gasteiger partial charge is 0.175 e. The fourth-order valence-electron chi connectivity index (χ4n) is 1.92. The van der Waals surface area contributed by atoms with Gasteiger partial charge in [0.05, 0.1) is 24.3 Å². The largest absolute Gasteiger partial charge is 0.490 e. The average Bonchev–Trinajstić information content (AvgIpc) is 2.51. The SMILES string of the molecule is CCOc1cc(CO)cc(Br)c1OCCc1ccccn1. The van der Waals surface area contributed by atoms with Crippen molar-refractivity contribution in [1.29, 1.82) is 0 Å². The molecule has 0 saturated carbocycles. The Bertz CT molecular complexity index is 575. The van der Waals surface area contributed by atoms with Crippen LogP contribution in [0, 0.1) is 0 Å². The van der Waals surface area contributed by atoms with Gasteiger partial charge in [0, 0.05) is 18.3 Å². The molecule has 0 radical (unpaired) electrons. The first-order chi connectivity index (χ1) is 10.2. The van der Waals surface area contributed by atoms with E-state index in [2.05, 4.69) is 20.9 Å². The second-order valence-electron chi connectivity index (χ2n) is 4.42. The Hall–Kier alpha value is -1.59. The lowest BCUT2D eigenvalue weighted by Gasteiger charge is -2.15. The molecule has 0 aliphatic heterocycles. The van der Waals surface area contributed by atoms with Crippen LogP contribution in [0.2, 0.25) is 0 Å². The molecule has 0 saturated heterocycles. The summed E-state index contributed by atoms with van der Waals surface area (Å²) in [6.07, 6.45) is 2.49. The summed E-state index contributed by atoms with van der Waals surface area (Å²) in [7, 11) is 0. The summed E-state index contributed by atoms with van der Waals surface area (Å²) in [6, 6.07) is 9.45. The number of hydrogen-bond donors (Lipinski definition) is 1. The van der Waals surface area contributed by atoms with Crippen LogP contribution in [0.15, 0.2) is 41.0 Å². The molecule has 5 heteroatoms. The predicted molar refractivity (Wildman–Crippen MR) is 84.7 cm³/mol. The lowest BCUT2D eigenvalue weighted by atomic mass is 10.2. The Morgan fingerprint density at radius 1 is 1.24 bits per heavy atom. The first-order valence-electron chi connectivity index (χ1n) is 6.83. The minimum atomic E-state index is -0.0348. The molecule has 0 spiro atoms. The van der Waals surface area contributed by atoms with Crippen molar-refractivity contribution < 1.29 is 14.6 Å². The molecule has 1 aromatic carbocycles. The molecule has 0 aliphatic carbocycles. The number of benzene rings is 1. The first kappa shape index (κ1) is 15.8. The summed E-state index contributed by atoms with van der Waals surface area (Å²) < 4.78 is 12.2. The number of aromatic nitrogens is 1. The van der Waals surface area contributed by atoms with Gasteiger partial charge in [-0.3, -0.25) is 4.98 Å². The fourth-order valence-corrected chi connectivity index (χ4v) is 2.52. The fraction of sp³-hybridized carbons (Fsp3) is 0.312. The molecule has 112 valence electrons. The van der Waals surface area contributed by atoms with E-state index in [-0.39, 0.29) is 6.61 Å². The number of rotatable bonds is 7. The second kappa shape index (κ2) is 8.00. The standard InChI is InChI=1S/C16H18BrNO3/c1-2-20-15-10-12(11-19)9-14(17)16(15)21-8-6-13-5-3-4-7-18-13/h3-5,7,9-10,19H,2,6,8,11H2,1H3. The van der Waals surface area contributed by atoms with Crippen LogP contribution >= 0.6 is 15.9 Å². The van der Waals surface area contributed by atoms with Crippen LogP contribution in [0.1, 0.15) is 18.2 Å². The molecule has 0 atom stereocenters. The number of halogens is 1. The topological polar surface area (TPSA) is 51.6 Å². The van der Waals surface area contributed by atoms with Gasteiger partial charge in [0.25, 0.3) is 0 Å². The zero-order valence-corrected chi connectivity index (χ0v) is 13.5. The number of hydrogen-bond acceptors (Lipinski definition) is 4.